The van der Waals surface area contributed by atoms with E-state index in [0.29, 0.717) is 35.8 Å². The maximum absolute atomic E-state index is 12.4. The summed E-state index contributed by atoms with van der Waals surface area (Å²) in [5.74, 6) is 0.342. The molecule has 10 nitrogen and oxygen atoms in total. The number of aromatic nitrogens is 2. The van der Waals surface area contributed by atoms with E-state index in [4.69, 9.17) is 21.1 Å². The van der Waals surface area contributed by atoms with Crippen LogP contribution < -0.4 is 20.3 Å². The van der Waals surface area contributed by atoms with Crippen molar-refractivity contribution in [1.82, 2.24) is 20.2 Å². The van der Waals surface area contributed by atoms with Gasteiger partial charge in [0.15, 0.2) is 5.75 Å². The van der Waals surface area contributed by atoms with Crippen molar-refractivity contribution in [1.29, 1.82) is 0 Å². The van der Waals surface area contributed by atoms with Crippen LogP contribution in [0.4, 0.5) is 21.9 Å². The quantitative estimate of drug-likeness (QED) is 0.572. The molecule has 4 heterocycles. The fourth-order valence-corrected chi connectivity index (χ4v) is 4.86. The zero-order valence-corrected chi connectivity index (χ0v) is 22.1. The third-order valence-corrected chi connectivity index (χ3v) is 6.77. The summed E-state index contributed by atoms with van der Waals surface area (Å²) in [7, 11) is 3.17. The van der Waals surface area contributed by atoms with Crippen LogP contribution in [-0.2, 0) is 4.74 Å². The molecule has 194 valence electrons. The maximum atomic E-state index is 12.4. The first-order valence-corrected chi connectivity index (χ1v) is 12.3. The van der Waals surface area contributed by atoms with Crippen molar-refractivity contribution in [3.63, 3.8) is 0 Å². The number of piperidine rings is 1. The number of nitrogens with one attached hydrogen (secondary N) is 2. The van der Waals surface area contributed by atoms with Gasteiger partial charge in [0.05, 0.1) is 30.8 Å². The molecular formula is C25H33ClN6O4. The van der Waals surface area contributed by atoms with Crippen molar-refractivity contribution in [2.24, 2.45) is 5.41 Å². The number of ether oxygens (including phenoxy) is 2. The number of methoxy groups -OCH3 is 1. The lowest BCUT2D eigenvalue weighted by molar-refractivity contribution is 0.00594. The molecule has 2 saturated heterocycles. The molecule has 2 amide bonds. The molecule has 2 aliphatic rings. The minimum atomic E-state index is -0.495. The average molecular weight is 517 g/mol. The second-order valence-corrected chi connectivity index (χ2v) is 10.7. The highest BCUT2D eigenvalue weighted by atomic mass is 35.5. The highest BCUT2D eigenvalue weighted by molar-refractivity contribution is 6.29. The van der Waals surface area contributed by atoms with Gasteiger partial charge >= 0.3 is 6.09 Å². The van der Waals surface area contributed by atoms with Gasteiger partial charge in [0, 0.05) is 44.8 Å². The number of hydrogen-bond donors (Lipinski definition) is 2. The van der Waals surface area contributed by atoms with Gasteiger partial charge in [-0.05, 0) is 39.7 Å². The first-order valence-electron chi connectivity index (χ1n) is 11.9. The lowest BCUT2D eigenvalue weighted by atomic mass is 9.72. The van der Waals surface area contributed by atoms with Crippen molar-refractivity contribution in [2.45, 2.75) is 39.2 Å². The normalized spacial score (nSPS) is 16.8. The fourth-order valence-electron chi connectivity index (χ4n) is 4.70. The van der Waals surface area contributed by atoms with E-state index in [2.05, 4.69) is 25.5 Å². The first-order chi connectivity index (χ1) is 17.0. The van der Waals surface area contributed by atoms with Crippen molar-refractivity contribution in [2.75, 3.05) is 50.6 Å². The standard InChI is InChI=1S/C25H33ClN6O4/c1-24(2,3)36-23(34)31-8-6-25(7-9-31)14-32(15-25)19-13-28-12-18(21(19)35-5)30-17-10-20(26)29-11-16(17)22(33)27-4/h10-13H,6-9,14-15H2,1-5H3,(H,27,33)(H,29,30). The van der Waals surface area contributed by atoms with E-state index in [1.807, 2.05) is 20.8 Å². The minimum Gasteiger partial charge on any atom is -0.492 e. The molecule has 0 aromatic carbocycles. The number of pyridine rings is 2. The lowest BCUT2D eigenvalue weighted by Gasteiger charge is -2.55. The fraction of sp³-hybridized carbons (Fsp3) is 0.520. The van der Waals surface area contributed by atoms with E-state index < -0.39 is 5.60 Å². The summed E-state index contributed by atoms with van der Waals surface area (Å²) in [6.45, 7) is 8.71. The van der Waals surface area contributed by atoms with Gasteiger partial charge in [-0.3, -0.25) is 9.78 Å². The van der Waals surface area contributed by atoms with Crippen LogP contribution in [0.15, 0.2) is 24.7 Å². The van der Waals surface area contributed by atoms with Gasteiger partial charge < -0.3 is 29.9 Å². The SMILES string of the molecule is CNC(=O)c1cnc(Cl)cc1Nc1cncc(N2CC3(CCN(C(=O)OC(C)(C)C)CC3)C2)c1OC. The Morgan fingerprint density at radius 3 is 2.42 bits per heavy atom. The van der Waals surface area contributed by atoms with Crippen molar-refractivity contribution in [3.8, 4) is 5.75 Å². The van der Waals surface area contributed by atoms with Crippen LogP contribution in [0.3, 0.4) is 0 Å². The predicted octanol–water partition coefficient (Wildman–Crippen LogP) is 4.08. The van der Waals surface area contributed by atoms with E-state index in [9.17, 15) is 9.59 Å². The minimum absolute atomic E-state index is 0.151. The monoisotopic (exact) mass is 516 g/mol. The molecule has 2 aromatic heterocycles. The second-order valence-electron chi connectivity index (χ2n) is 10.3. The molecule has 0 saturated carbocycles. The zero-order valence-electron chi connectivity index (χ0n) is 21.4. The number of anilines is 3. The Hall–Kier alpha value is -3.27. The van der Waals surface area contributed by atoms with E-state index in [1.54, 1.807) is 37.5 Å². The van der Waals surface area contributed by atoms with Crippen LogP contribution in [0, 0.1) is 5.41 Å². The highest BCUT2D eigenvalue weighted by Gasteiger charge is 2.46. The highest BCUT2D eigenvalue weighted by Crippen LogP contribution is 2.47. The summed E-state index contributed by atoms with van der Waals surface area (Å²) in [5, 5.41) is 6.11. The number of carbonyl (C=O) groups excluding carboxylic acids is 2. The van der Waals surface area contributed by atoms with Gasteiger partial charge in [-0.25, -0.2) is 9.78 Å². The molecule has 0 unspecified atom stereocenters. The summed E-state index contributed by atoms with van der Waals surface area (Å²) >= 11 is 6.09. The molecule has 0 radical (unpaired) electrons. The topological polar surface area (TPSA) is 109 Å². The molecule has 2 aromatic rings. The lowest BCUT2D eigenvalue weighted by Crippen LogP contribution is -2.61. The second kappa shape index (κ2) is 10.0. The van der Waals surface area contributed by atoms with Gasteiger partial charge in [-0.15, -0.1) is 0 Å². The third-order valence-electron chi connectivity index (χ3n) is 6.56. The molecule has 2 fully saturated rings. The van der Waals surface area contributed by atoms with Crippen molar-refractivity contribution in [3.05, 3.63) is 35.4 Å². The van der Waals surface area contributed by atoms with E-state index in [1.165, 1.54) is 6.20 Å². The number of hydrogen-bond acceptors (Lipinski definition) is 8. The Bertz CT molecular complexity index is 1140. The number of carbonyl (C=O) groups is 2. The number of likely N-dealkylation sites (tertiary alicyclic amines) is 1. The van der Waals surface area contributed by atoms with Crippen LogP contribution in [0.25, 0.3) is 0 Å². The van der Waals surface area contributed by atoms with Gasteiger partial charge in [0.25, 0.3) is 5.91 Å². The molecule has 2 N–H and O–H groups in total. The van der Waals surface area contributed by atoms with E-state index in [0.717, 1.165) is 31.6 Å². The number of rotatable bonds is 5. The van der Waals surface area contributed by atoms with Gasteiger partial charge in [0.2, 0.25) is 0 Å². The summed E-state index contributed by atoms with van der Waals surface area (Å²) in [6.07, 6.45) is 6.45. The summed E-state index contributed by atoms with van der Waals surface area (Å²) in [5.41, 5.74) is 1.99. The Labute approximate surface area is 216 Å². The average Bonchev–Trinajstić information content (AvgIpc) is 2.81. The summed E-state index contributed by atoms with van der Waals surface area (Å²) in [4.78, 5) is 37.2. The molecule has 36 heavy (non-hydrogen) atoms. The predicted molar refractivity (Wildman–Crippen MR) is 138 cm³/mol. The number of nitrogens with zero attached hydrogens (tertiary/aromatic N) is 4. The molecular weight excluding hydrogens is 484 g/mol. The van der Waals surface area contributed by atoms with Gasteiger partial charge in [-0.1, -0.05) is 11.6 Å². The number of halogens is 1. The van der Waals surface area contributed by atoms with E-state index in [-0.39, 0.29) is 22.6 Å². The molecule has 0 atom stereocenters. The van der Waals surface area contributed by atoms with E-state index >= 15 is 0 Å². The van der Waals surface area contributed by atoms with Gasteiger partial charge in [-0.2, -0.15) is 0 Å². The van der Waals surface area contributed by atoms with Gasteiger partial charge in [0.1, 0.15) is 22.1 Å². The Morgan fingerprint density at radius 2 is 1.81 bits per heavy atom. The van der Waals surface area contributed by atoms with Crippen LogP contribution >= 0.6 is 11.6 Å². The molecule has 4 rings (SSSR count). The Kier molecular flexibility index (Phi) is 7.17. The smallest absolute Gasteiger partial charge is 0.410 e. The Morgan fingerprint density at radius 1 is 1.11 bits per heavy atom. The van der Waals surface area contributed by atoms with Crippen molar-refractivity contribution < 1.29 is 19.1 Å². The maximum Gasteiger partial charge on any atom is 0.410 e. The molecule has 1 spiro atoms. The largest absolute Gasteiger partial charge is 0.492 e. The van der Waals surface area contributed by atoms with Crippen molar-refractivity contribution >= 4 is 40.7 Å². The molecule has 0 bridgehead atoms. The summed E-state index contributed by atoms with van der Waals surface area (Å²) in [6, 6.07) is 1.59. The van der Waals surface area contributed by atoms with Crippen LogP contribution in [0.2, 0.25) is 5.15 Å². The van der Waals surface area contributed by atoms with Crippen LogP contribution in [0.1, 0.15) is 44.0 Å². The number of amides is 2. The third kappa shape index (κ3) is 5.43. The molecule has 0 aliphatic carbocycles. The molecule has 11 heteroatoms. The molecule has 2 aliphatic heterocycles. The Balaban J connectivity index is 1.46. The summed E-state index contributed by atoms with van der Waals surface area (Å²) < 4.78 is 11.3. The zero-order chi connectivity index (χ0) is 26.1. The van der Waals surface area contributed by atoms with Crippen LogP contribution in [-0.4, -0.2) is 72.8 Å². The van der Waals surface area contributed by atoms with Crippen LogP contribution in [0.5, 0.6) is 5.75 Å². The first kappa shape index (κ1) is 25.8.